The van der Waals surface area contributed by atoms with Gasteiger partial charge in [-0.1, -0.05) is 30.3 Å². The van der Waals surface area contributed by atoms with Crippen LogP contribution in [0.2, 0.25) is 0 Å². The number of fused-ring (bicyclic) bond motifs is 1. The number of rotatable bonds is 12. The summed E-state index contributed by atoms with van der Waals surface area (Å²) >= 11 is 0. The lowest BCUT2D eigenvalue weighted by Crippen LogP contribution is -2.39. The molecule has 236 valence electrons. The van der Waals surface area contributed by atoms with Gasteiger partial charge in [0.1, 0.15) is 24.6 Å². The fraction of sp³-hybridized carbons (Fsp3) is 0.312. The van der Waals surface area contributed by atoms with Crippen molar-refractivity contribution in [1.82, 2.24) is 5.32 Å². The van der Waals surface area contributed by atoms with Crippen LogP contribution in [-0.4, -0.2) is 72.4 Å². The highest BCUT2D eigenvalue weighted by Gasteiger charge is 2.38. The Labute approximate surface area is 252 Å². The fourth-order valence-electron chi connectivity index (χ4n) is 4.35. The number of hydrogen-bond donors (Lipinski definition) is 4. The first kappa shape index (κ1) is 33.9. The van der Waals surface area contributed by atoms with Crippen LogP contribution in [0.1, 0.15) is 27.9 Å². The molecule has 1 aliphatic heterocycles. The Balaban J connectivity index is 0.000000676. The third-order valence-corrected chi connectivity index (χ3v) is 6.59. The van der Waals surface area contributed by atoms with Gasteiger partial charge in [-0.05, 0) is 77.9 Å². The average molecular weight is 618 g/mol. The van der Waals surface area contributed by atoms with Gasteiger partial charge >= 0.3 is 18.1 Å². The maximum Gasteiger partial charge on any atom is 0.490 e. The van der Waals surface area contributed by atoms with Gasteiger partial charge in [-0.2, -0.15) is 13.2 Å². The molecule has 3 aromatic carbocycles. The monoisotopic (exact) mass is 617 g/mol. The van der Waals surface area contributed by atoms with E-state index in [-0.39, 0.29) is 18.3 Å². The van der Waals surface area contributed by atoms with E-state index in [4.69, 9.17) is 29.2 Å². The minimum absolute atomic E-state index is 0.0128. The Bertz CT molecular complexity index is 1430. The number of aliphatic hydroxyl groups is 1. The van der Waals surface area contributed by atoms with Crippen LogP contribution in [0, 0.1) is 0 Å². The molecule has 0 aromatic heterocycles. The predicted octanol–water partition coefficient (Wildman–Crippen LogP) is 5.15. The van der Waals surface area contributed by atoms with E-state index >= 15 is 0 Å². The molecule has 3 aromatic rings. The summed E-state index contributed by atoms with van der Waals surface area (Å²) in [5.41, 5.74) is 4.50. The van der Waals surface area contributed by atoms with Crippen LogP contribution in [-0.2, 0) is 17.6 Å². The topological polar surface area (TPSA) is 135 Å². The van der Waals surface area contributed by atoms with Crippen LogP contribution in [0.4, 0.5) is 13.2 Å². The number of carboxylic acid groups (broad SMARTS) is 2. The third kappa shape index (κ3) is 10.0. The summed E-state index contributed by atoms with van der Waals surface area (Å²) in [4.78, 5) is 20.0. The van der Waals surface area contributed by atoms with Gasteiger partial charge in [-0.15, -0.1) is 6.58 Å². The van der Waals surface area contributed by atoms with Gasteiger partial charge < -0.3 is 34.8 Å². The second-order valence-electron chi connectivity index (χ2n) is 9.89. The van der Waals surface area contributed by atoms with Crippen LogP contribution in [0.15, 0.2) is 73.3 Å². The summed E-state index contributed by atoms with van der Waals surface area (Å²) in [6, 6.07) is 18.7. The highest BCUT2D eigenvalue weighted by Crippen LogP contribution is 2.32. The van der Waals surface area contributed by atoms with Gasteiger partial charge in [-0.25, -0.2) is 9.59 Å². The highest BCUT2D eigenvalue weighted by atomic mass is 19.4. The Kier molecular flexibility index (Phi) is 12.2. The third-order valence-electron chi connectivity index (χ3n) is 6.59. The molecule has 12 heteroatoms. The molecule has 0 amide bonds. The summed E-state index contributed by atoms with van der Waals surface area (Å²) in [7, 11) is 1.60. The Morgan fingerprint density at radius 1 is 1.07 bits per heavy atom. The average Bonchev–Trinajstić information content (AvgIpc) is 3.00. The molecular formula is C32H34F3NO8. The molecule has 44 heavy (non-hydrogen) atoms. The van der Waals surface area contributed by atoms with E-state index in [0.717, 1.165) is 47.3 Å². The number of methoxy groups -OCH3 is 1. The first-order valence-electron chi connectivity index (χ1n) is 13.6. The van der Waals surface area contributed by atoms with Crippen molar-refractivity contribution in [1.29, 1.82) is 0 Å². The minimum Gasteiger partial charge on any atom is -0.493 e. The largest absolute Gasteiger partial charge is 0.493 e. The van der Waals surface area contributed by atoms with E-state index in [1.165, 1.54) is 0 Å². The first-order chi connectivity index (χ1) is 20.9. The van der Waals surface area contributed by atoms with Gasteiger partial charge in [0.25, 0.3) is 0 Å². The highest BCUT2D eigenvalue weighted by molar-refractivity contribution is 5.88. The lowest BCUT2D eigenvalue weighted by molar-refractivity contribution is -0.192. The van der Waals surface area contributed by atoms with Crippen LogP contribution in [0.3, 0.4) is 0 Å². The van der Waals surface area contributed by atoms with E-state index in [9.17, 15) is 23.1 Å². The van der Waals surface area contributed by atoms with Crippen molar-refractivity contribution in [3.63, 3.8) is 0 Å². The quantitative estimate of drug-likeness (QED) is 0.204. The molecule has 4 N–H and O–H groups in total. The molecule has 0 fully saturated rings. The van der Waals surface area contributed by atoms with Gasteiger partial charge in [0, 0.05) is 13.1 Å². The van der Waals surface area contributed by atoms with Crippen molar-refractivity contribution in [2.24, 2.45) is 0 Å². The van der Waals surface area contributed by atoms with Gasteiger partial charge in [-0.3, -0.25) is 0 Å². The van der Waals surface area contributed by atoms with E-state index in [2.05, 4.69) is 18.0 Å². The molecule has 1 heterocycles. The van der Waals surface area contributed by atoms with Crippen molar-refractivity contribution in [3.05, 3.63) is 90.0 Å². The Morgan fingerprint density at radius 3 is 2.36 bits per heavy atom. The summed E-state index contributed by atoms with van der Waals surface area (Å²) in [5, 5.41) is 29.9. The van der Waals surface area contributed by atoms with Crippen LogP contribution in [0.25, 0.3) is 11.1 Å². The number of aryl methyl sites for hydroxylation is 1. The van der Waals surface area contributed by atoms with E-state index in [1.54, 1.807) is 19.2 Å². The summed E-state index contributed by atoms with van der Waals surface area (Å²) in [5.74, 6) is -1.60. The number of ether oxygens (including phenoxy) is 3. The van der Waals surface area contributed by atoms with Gasteiger partial charge in [0.2, 0.25) is 0 Å². The van der Waals surface area contributed by atoms with Gasteiger partial charge in [0.05, 0.1) is 12.7 Å². The number of hydrogen-bond acceptors (Lipinski definition) is 7. The molecule has 0 spiro atoms. The van der Waals surface area contributed by atoms with E-state index < -0.39 is 24.2 Å². The zero-order valence-corrected chi connectivity index (χ0v) is 24.0. The van der Waals surface area contributed by atoms with Crippen molar-refractivity contribution in [3.8, 4) is 28.4 Å². The summed E-state index contributed by atoms with van der Waals surface area (Å²) in [6.45, 7) is 4.90. The molecule has 9 nitrogen and oxygen atoms in total. The number of aromatic carboxylic acids is 1. The van der Waals surface area contributed by atoms with Crippen molar-refractivity contribution < 1.29 is 52.3 Å². The van der Waals surface area contributed by atoms with E-state index in [1.807, 2.05) is 48.5 Å². The predicted molar refractivity (Wildman–Crippen MR) is 157 cm³/mol. The number of aliphatic carboxylic acids is 1. The number of alkyl halides is 3. The molecule has 0 aliphatic carbocycles. The molecular weight excluding hydrogens is 583 g/mol. The van der Waals surface area contributed by atoms with Crippen LogP contribution in [0.5, 0.6) is 17.2 Å². The number of nitrogens with one attached hydrogen (secondary N) is 1. The second-order valence-corrected chi connectivity index (χ2v) is 9.89. The molecule has 0 unspecified atom stereocenters. The zero-order valence-electron chi connectivity index (χ0n) is 24.0. The summed E-state index contributed by atoms with van der Waals surface area (Å²) in [6.07, 6.45) is -1.41. The minimum atomic E-state index is -5.08. The zero-order chi connectivity index (χ0) is 32.3. The first-order valence-corrected chi connectivity index (χ1v) is 13.6. The maximum atomic E-state index is 11.1. The van der Waals surface area contributed by atoms with Crippen molar-refractivity contribution in [2.75, 3.05) is 26.8 Å². The Hall–Kier alpha value is -4.55. The van der Waals surface area contributed by atoms with Crippen LogP contribution < -0.4 is 19.5 Å². The Morgan fingerprint density at radius 2 is 1.75 bits per heavy atom. The number of allylic oxidation sites excluding steroid dienone is 1. The van der Waals surface area contributed by atoms with Crippen molar-refractivity contribution in [2.45, 2.75) is 37.6 Å². The number of carbonyl (C=O) groups is 2. The molecule has 1 aliphatic rings. The van der Waals surface area contributed by atoms with Crippen molar-refractivity contribution >= 4 is 11.9 Å². The molecule has 0 saturated carbocycles. The van der Waals surface area contributed by atoms with Crippen LogP contribution >= 0.6 is 0 Å². The lowest BCUT2D eigenvalue weighted by atomic mass is 9.96. The molecule has 0 bridgehead atoms. The lowest BCUT2D eigenvalue weighted by Gasteiger charge is -2.27. The molecule has 4 rings (SSSR count). The van der Waals surface area contributed by atoms with Gasteiger partial charge in [0.15, 0.2) is 11.5 Å². The number of carboxylic acids is 2. The smallest absolute Gasteiger partial charge is 0.490 e. The maximum absolute atomic E-state index is 11.1. The number of aliphatic hydroxyl groups excluding tert-OH is 1. The molecule has 2 atom stereocenters. The molecule has 0 saturated heterocycles. The SMILES string of the molecule is C=CCc1ccc(OC[C@H](O)CNC[C@H]2CCc3cc(-c4ccc(C(=O)O)cc4)ccc3O2)c(OC)c1.O=C(O)C(F)(F)F. The second kappa shape index (κ2) is 15.8. The number of benzene rings is 3. The fourth-order valence-corrected chi connectivity index (χ4v) is 4.35. The molecule has 0 radical (unpaired) electrons. The van der Waals surface area contributed by atoms with E-state index in [0.29, 0.717) is 24.6 Å². The number of halogens is 3. The summed E-state index contributed by atoms with van der Waals surface area (Å²) < 4.78 is 49.1. The normalized spacial score (nSPS) is 14.6. The standard InChI is InChI=1S/C30H33NO6.C2HF3O2/c1-3-4-20-5-13-28(29(15-20)35-2)36-19-25(32)17-31-18-26-12-10-24-16-23(11-14-27(24)37-26)21-6-8-22(9-7-21)30(33)34;3-2(4,5)1(6)7/h3,5-9,11,13-16,25-26,31-32H,1,4,10,12,17-19H2,2H3,(H,33,34);(H,6,7)/t25-,26-;/m1./s1.